The van der Waals surface area contributed by atoms with Crippen molar-refractivity contribution >= 4 is 28.4 Å². The van der Waals surface area contributed by atoms with Gasteiger partial charge in [-0.3, -0.25) is 0 Å². The Balaban J connectivity index is 1.45. The Morgan fingerprint density at radius 2 is 2.04 bits per heavy atom. The Morgan fingerprint density at radius 1 is 1.25 bits per heavy atom. The Bertz CT molecular complexity index is 1040. The molecule has 1 aliphatic carbocycles. The van der Waals surface area contributed by atoms with Gasteiger partial charge in [0.25, 0.3) is 0 Å². The molecule has 1 aliphatic rings. The van der Waals surface area contributed by atoms with E-state index in [1.54, 1.807) is 18.3 Å². The van der Waals surface area contributed by atoms with Gasteiger partial charge in [0.05, 0.1) is 18.3 Å². The molecule has 0 spiro atoms. The van der Waals surface area contributed by atoms with Crippen molar-refractivity contribution in [3.05, 3.63) is 47.9 Å². The summed E-state index contributed by atoms with van der Waals surface area (Å²) in [5, 5.41) is 5.16. The number of H-pyrrole nitrogens is 1. The molecular weight excluding hydrogens is 373 g/mol. The normalized spacial score (nSPS) is 15.9. The zero-order valence-electron chi connectivity index (χ0n) is 14.9. The molecule has 146 valence electrons. The second kappa shape index (κ2) is 6.74. The van der Waals surface area contributed by atoms with E-state index in [1.807, 2.05) is 0 Å². The largest absolute Gasteiger partial charge is 0.481 e. The summed E-state index contributed by atoms with van der Waals surface area (Å²) in [5.74, 6) is -3.43. The molecule has 28 heavy (non-hydrogen) atoms. The number of amides is 2. The van der Waals surface area contributed by atoms with E-state index < -0.39 is 23.7 Å². The molecule has 0 aliphatic heterocycles. The number of hydrogen-bond acceptors (Lipinski definition) is 3. The van der Waals surface area contributed by atoms with Gasteiger partial charge in [-0.05, 0) is 29.7 Å². The quantitative estimate of drug-likeness (QED) is 0.595. The van der Waals surface area contributed by atoms with Crippen LogP contribution in [-0.4, -0.2) is 29.0 Å². The van der Waals surface area contributed by atoms with E-state index in [0.717, 1.165) is 6.07 Å². The molecule has 9 heteroatoms. The first-order chi connectivity index (χ1) is 13.3. The van der Waals surface area contributed by atoms with Crippen molar-refractivity contribution in [2.24, 2.45) is 0 Å². The fourth-order valence-corrected chi connectivity index (χ4v) is 3.29. The van der Waals surface area contributed by atoms with Gasteiger partial charge in [0.1, 0.15) is 11.3 Å². The number of anilines is 2. The van der Waals surface area contributed by atoms with Gasteiger partial charge in [0.15, 0.2) is 0 Å². The third-order valence-electron chi connectivity index (χ3n) is 4.74. The number of hydrogen-bond donors (Lipinski definition) is 3. The number of fused-ring (bicyclic) bond motifs is 1. The van der Waals surface area contributed by atoms with Gasteiger partial charge in [-0.15, -0.1) is 0 Å². The van der Waals surface area contributed by atoms with Crippen molar-refractivity contribution in [3.8, 4) is 5.88 Å². The summed E-state index contributed by atoms with van der Waals surface area (Å²) in [6.07, 6.45) is 0.875. The van der Waals surface area contributed by atoms with Crippen LogP contribution in [0.1, 0.15) is 24.3 Å². The molecule has 0 atom stereocenters. The highest BCUT2D eigenvalue weighted by Gasteiger charge is 2.46. The molecule has 1 aromatic carbocycles. The number of rotatable bonds is 4. The number of benzene rings is 1. The minimum Gasteiger partial charge on any atom is -0.481 e. The number of pyridine rings is 1. The van der Waals surface area contributed by atoms with Gasteiger partial charge in [0.2, 0.25) is 11.8 Å². The van der Waals surface area contributed by atoms with E-state index in [0.29, 0.717) is 22.6 Å². The first kappa shape index (κ1) is 18.1. The lowest BCUT2D eigenvalue weighted by atomic mass is 9.76. The minimum absolute atomic E-state index is 0.218. The SMILES string of the molecule is COc1ccc2[nH]cc(NC(=O)Nc3ccc(C4CC(F)(F)C4)c(F)c3)c2n1. The fraction of sp³-hybridized carbons (Fsp3) is 0.263. The highest BCUT2D eigenvalue weighted by atomic mass is 19.3. The van der Waals surface area contributed by atoms with E-state index in [9.17, 15) is 18.0 Å². The number of urea groups is 1. The van der Waals surface area contributed by atoms with Crippen LogP contribution in [0.3, 0.4) is 0 Å². The van der Waals surface area contributed by atoms with Crippen LogP contribution in [0.15, 0.2) is 36.5 Å². The number of ether oxygens (including phenoxy) is 1. The lowest BCUT2D eigenvalue weighted by Crippen LogP contribution is -2.34. The van der Waals surface area contributed by atoms with E-state index in [-0.39, 0.29) is 24.1 Å². The monoisotopic (exact) mass is 390 g/mol. The molecule has 1 saturated carbocycles. The summed E-state index contributed by atoms with van der Waals surface area (Å²) in [7, 11) is 1.49. The Hall–Kier alpha value is -3.23. The van der Waals surface area contributed by atoms with E-state index in [2.05, 4.69) is 20.6 Å². The molecule has 2 amide bonds. The maximum Gasteiger partial charge on any atom is 0.323 e. The second-order valence-electron chi connectivity index (χ2n) is 6.73. The van der Waals surface area contributed by atoms with Gasteiger partial charge in [0, 0.05) is 30.8 Å². The zero-order valence-corrected chi connectivity index (χ0v) is 14.9. The molecule has 0 saturated heterocycles. The molecule has 0 radical (unpaired) electrons. The molecule has 2 aromatic heterocycles. The van der Waals surface area contributed by atoms with Crippen molar-refractivity contribution in [1.82, 2.24) is 9.97 Å². The Labute approximate surface area is 158 Å². The Kier molecular flexibility index (Phi) is 4.37. The van der Waals surface area contributed by atoms with Gasteiger partial charge >= 0.3 is 6.03 Å². The fourth-order valence-electron chi connectivity index (χ4n) is 3.29. The molecule has 2 heterocycles. The first-order valence-electron chi connectivity index (χ1n) is 8.62. The van der Waals surface area contributed by atoms with Crippen molar-refractivity contribution in [2.45, 2.75) is 24.7 Å². The van der Waals surface area contributed by atoms with Crippen LogP contribution >= 0.6 is 0 Å². The van der Waals surface area contributed by atoms with Crippen LogP contribution in [0, 0.1) is 5.82 Å². The number of aromatic amines is 1. The maximum absolute atomic E-state index is 14.2. The molecule has 3 N–H and O–H groups in total. The predicted molar refractivity (Wildman–Crippen MR) is 98.6 cm³/mol. The number of carbonyl (C=O) groups is 1. The number of halogens is 3. The third-order valence-corrected chi connectivity index (χ3v) is 4.74. The van der Waals surface area contributed by atoms with Crippen molar-refractivity contribution in [2.75, 3.05) is 17.7 Å². The van der Waals surface area contributed by atoms with Crippen LogP contribution in [0.4, 0.5) is 29.3 Å². The number of carbonyl (C=O) groups excluding carboxylic acids is 1. The number of methoxy groups -OCH3 is 1. The topological polar surface area (TPSA) is 79.0 Å². The molecule has 3 aromatic rings. The third kappa shape index (κ3) is 3.47. The summed E-state index contributed by atoms with van der Waals surface area (Å²) in [5.41, 5.74) is 2.12. The summed E-state index contributed by atoms with van der Waals surface area (Å²) in [6, 6.07) is 6.91. The van der Waals surface area contributed by atoms with Gasteiger partial charge in [-0.1, -0.05) is 6.07 Å². The van der Waals surface area contributed by atoms with Crippen LogP contribution in [0.5, 0.6) is 5.88 Å². The standard InChI is InChI=1S/C19H17F3N4O2/c1-28-16-5-4-14-17(26-16)15(9-23-14)25-18(27)24-11-2-3-12(13(20)6-11)10-7-19(21,22)8-10/h2-6,9-10,23H,7-8H2,1H3,(H2,24,25,27). The second-order valence-corrected chi connectivity index (χ2v) is 6.73. The zero-order chi connectivity index (χ0) is 19.9. The molecule has 6 nitrogen and oxygen atoms in total. The van der Waals surface area contributed by atoms with Crippen LogP contribution in [0.2, 0.25) is 0 Å². The lowest BCUT2D eigenvalue weighted by molar-refractivity contribution is -0.0873. The summed E-state index contributed by atoms with van der Waals surface area (Å²) in [6.45, 7) is 0. The van der Waals surface area contributed by atoms with E-state index in [1.165, 1.54) is 19.2 Å². The van der Waals surface area contributed by atoms with Gasteiger partial charge in [-0.2, -0.15) is 0 Å². The lowest BCUT2D eigenvalue weighted by Gasteiger charge is -2.35. The minimum atomic E-state index is -2.72. The number of aromatic nitrogens is 2. The molecular formula is C19H17F3N4O2. The summed E-state index contributed by atoms with van der Waals surface area (Å²) in [4.78, 5) is 19.5. The highest BCUT2D eigenvalue weighted by Crippen LogP contribution is 2.49. The predicted octanol–water partition coefficient (Wildman–Crippen LogP) is 4.87. The van der Waals surface area contributed by atoms with Crippen LogP contribution < -0.4 is 15.4 Å². The smallest absolute Gasteiger partial charge is 0.323 e. The molecule has 0 unspecified atom stereocenters. The van der Waals surface area contributed by atoms with Gasteiger partial charge < -0.3 is 20.4 Å². The summed E-state index contributed by atoms with van der Waals surface area (Å²) >= 11 is 0. The first-order valence-corrected chi connectivity index (χ1v) is 8.62. The Morgan fingerprint density at radius 3 is 2.71 bits per heavy atom. The summed E-state index contributed by atoms with van der Waals surface area (Å²) < 4.78 is 45.3. The average Bonchev–Trinajstić information content (AvgIpc) is 3.01. The molecule has 0 bridgehead atoms. The molecule has 1 fully saturated rings. The van der Waals surface area contributed by atoms with Crippen LogP contribution in [-0.2, 0) is 0 Å². The highest BCUT2D eigenvalue weighted by molar-refractivity contribution is 6.04. The van der Waals surface area contributed by atoms with E-state index >= 15 is 0 Å². The average molecular weight is 390 g/mol. The van der Waals surface area contributed by atoms with Crippen molar-refractivity contribution in [3.63, 3.8) is 0 Å². The van der Waals surface area contributed by atoms with E-state index in [4.69, 9.17) is 4.74 Å². The maximum atomic E-state index is 14.2. The van der Waals surface area contributed by atoms with Crippen molar-refractivity contribution < 1.29 is 22.7 Å². The molecule has 4 rings (SSSR count). The number of alkyl halides is 2. The van der Waals surface area contributed by atoms with Crippen LogP contribution in [0.25, 0.3) is 11.0 Å². The number of nitrogens with zero attached hydrogens (tertiary/aromatic N) is 1. The van der Waals surface area contributed by atoms with Crippen molar-refractivity contribution in [1.29, 1.82) is 0 Å². The number of nitrogens with one attached hydrogen (secondary N) is 3. The van der Waals surface area contributed by atoms with Gasteiger partial charge in [-0.25, -0.2) is 22.9 Å².